The van der Waals surface area contributed by atoms with Gasteiger partial charge in [-0.2, -0.15) is 0 Å². The van der Waals surface area contributed by atoms with Gasteiger partial charge >= 0.3 is 0 Å². The van der Waals surface area contributed by atoms with Gasteiger partial charge in [-0.3, -0.25) is 0 Å². The van der Waals surface area contributed by atoms with Crippen molar-refractivity contribution in [1.29, 1.82) is 0 Å². The van der Waals surface area contributed by atoms with Crippen LogP contribution in [0.2, 0.25) is 0 Å². The Morgan fingerprint density at radius 2 is 2.28 bits per heavy atom. The summed E-state index contributed by atoms with van der Waals surface area (Å²) in [6, 6.07) is 7.96. The van der Waals surface area contributed by atoms with Crippen molar-refractivity contribution in [2.75, 3.05) is 13.2 Å². The molecule has 0 saturated heterocycles. The number of nitrogens with zero attached hydrogens (tertiary/aromatic N) is 1. The van der Waals surface area contributed by atoms with Crippen LogP contribution in [0.15, 0.2) is 30.5 Å². The lowest BCUT2D eigenvalue weighted by molar-refractivity contribution is 0.317. The Kier molecular flexibility index (Phi) is 4.36. The highest BCUT2D eigenvalue weighted by Crippen LogP contribution is 2.21. The van der Waals surface area contributed by atoms with E-state index in [4.69, 9.17) is 10.5 Å². The van der Waals surface area contributed by atoms with Gasteiger partial charge in [-0.15, -0.1) is 0 Å². The molecule has 4 heteroatoms. The van der Waals surface area contributed by atoms with Gasteiger partial charge in [0.1, 0.15) is 11.6 Å². The summed E-state index contributed by atoms with van der Waals surface area (Å²) in [7, 11) is 0. The van der Waals surface area contributed by atoms with E-state index in [-0.39, 0.29) is 0 Å². The van der Waals surface area contributed by atoms with Gasteiger partial charge in [0.2, 0.25) is 0 Å². The summed E-state index contributed by atoms with van der Waals surface area (Å²) in [4.78, 5) is 7.63. The molecule has 0 radical (unpaired) electrons. The van der Waals surface area contributed by atoms with Crippen molar-refractivity contribution in [3.05, 3.63) is 36.2 Å². The molecule has 1 heterocycles. The first-order valence-electron chi connectivity index (χ1n) is 6.30. The van der Waals surface area contributed by atoms with E-state index in [0.29, 0.717) is 6.54 Å². The number of benzene rings is 1. The van der Waals surface area contributed by atoms with Crippen LogP contribution in [0.1, 0.15) is 19.0 Å². The maximum Gasteiger partial charge on any atom is 0.137 e. The summed E-state index contributed by atoms with van der Waals surface area (Å²) < 4.78 is 5.61. The molecular weight excluding hydrogens is 226 g/mol. The van der Waals surface area contributed by atoms with E-state index in [1.807, 2.05) is 30.5 Å². The zero-order valence-electron chi connectivity index (χ0n) is 10.6. The fourth-order valence-electron chi connectivity index (χ4n) is 1.74. The SMILES string of the molecule is CCCOc1cccc(-c2ncc(CCN)[nH]2)c1. The lowest BCUT2D eigenvalue weighted by atomic mass is 10.2. The van der Waals surface area contributed by atoms with E-state index in [9.17, 15) is 0 Å². The number of H-pyrrole nitrogens is 1. The highest BCUT2D eigenvalue weighted by atomic mass is 16.5. The molecule has 2 rings (SSSR count). The second-order valence-corrected chi connectivity index (χ2v) is 4.17. The standard InChI is InChI=1S/C14H19N3O/c1-2-8-18-13-5-3-4-11(9-13)14-16-10-12(17-14)6-7-15/h3-5,9-10H,2,6-8,15H2,1H3,(H,16,17). The maximum absolute atomic E-state index is 5.61. The molecule has 0 aliphatic carbocycles. The van der Waals surface area contributed by atoms with E-state index in [2.05, 4.69) is 16.9 Å². The Bertz CT molecular complexity index is 493. The molecule has 1 aromatic heterocycles. The van der Waals surface area contributed by atoms with Crippen molar-refractivity contribution in [3.63, 3.8) is 0 Å². The summed E-state index contributed by atoms with van der Waals surface area (Å²) in [5.41, 5.74) is 7.62. The molecule has 3 N–H and O–H groups in total. The van der Waals surface area contributed by atoms with Gasteiger partial charge in [0.25, 0.3) is 0 Å². The summed E-state index contributed by atoms with van der Waals surface area (Å²) >= 11 is 0. The number of hydrogen-bond donors (Lipinski definition) is 2. The Morgan fingerprint density at radius 1 is 1.39 bits per heavy atom. The van der Waals surface area contributed by atoms with Crippen LogP contribution in [-0.4, -0.2) is 23.1 Å². The molecule has 0 atom stereocenters. The monoisotopic (exact) mass is 245 g/mol. The summed E-state index contributed by atoms with van der Waals surface area (Å²) in [5.74, 6) is 1.74. The summed E-state index contributed by atoms with van der Waals surface area (Å²) in [6.07, 6.45) is 3.66. The van der Waals surface area contributed by atoms with Gasteiger partial charge in [0.15, 0.2) is 0 Å². The number of hydrogen-bond acceptors (Lipinski definition) is 3. The van der Waals surface area contributed by atoms with E-state index in [1.54, 1.807) is 0 Å². The lowest BCUT2D eigenvalue weighted by Gasteiger charge is -2.05. The third-order valence-corrected chi connectivity index (χ3v) is 2.62. The van der Waals surface area contributed by atoms with Crippen LogP contribution in [0.5, 0.6) is 5.75 Å². The number of aromatic nitrogens is 2. The lowest BCUT2D eigenvalue weighted by Crippen LogP contribution is -2.02. The highest BCUT2D eigenvalue weighted by molar-refractivity contribution is 5.57. The first-order chi connectivity index (χ1) is 8.83. The van der Waals surface area contributed by atoms with Crippen LogP contribution in [-0.2, 0) is 6.42 Å². The second-order valence-electron chi connectivity index (χ2n) is 4.17. The van der Waals surface area contributed by atoms with Crippen molar-refractivity contribution in [2.45, 2.75) is 19.8 Å². The van der Waals surface area contributed by atoms with Gasteiger partial charge in [-0.05, 0) is 25.1 Å². The highest BCUT2D eigenvalue weighted by Gasteiger charge is 2.04. The first kappa shape index (κ1) is 12.6. The molecule has 0 unspecified atom stereocenters. The molecule has 0 spiro atoms. The molecule has 0 bridgehead atoms. The average molecular weight is 245 g/mol. The van der Waals surface area contributed by atoms with Crippen molar-refractivity contribution in [2.24, 2.45) is 5.73 Å². The largest absolute Gasteiger partial charge is 0.494 e. The second kappa shape index (κ2) is 6.21. The van der Waals surface area contributed by atoms with Crippen molar-refractivity contribution < 1.29 is 4.74 Å². The minimum absolute atomic E-state index is 0.626. The number of aromatic amines is 1. The average Bonchev–Trinajstić information content (AvgIpc) is 2.86. The van der Waals surface area contributed by atoms with Crippen LogP contribution < -0.4 is 10.5 Å². The van der Waals surface area contributed by atoms with Crippen molar-refractivity contribution in [1.82, 2.24) is 9.97 Å². The predicted molar refractivity (Wildman–Crippen MR) is 72.6 cm³/mol. The molecule has 0 aliphatic heterocycles. The molecule has 0 aliphatic rings. The quantitative estimate of drug-likeness (QED) is 0.821. The first-order valence-corrected chi connectivity index (χ1v) is 6.30. The van der Waals surface area contributed by atoms with Gasteiger partial charge in [0.05, 0.1) is 6.61 Å². The maximum atomic E-state index is 5.61. The molecule has 0 saturated carbocycles. The van der Waals surface area contributed by atoms with Crippen LogP contribution in [0.25, 0.3) is 11.4 Å². The van der Waals surface area contributed by atoms with E-state index < -0.39 is 0 Å². The molecule has 1 aromatic carbocycles. The fourth-order valence-corrected chi connectivity index (χ4v) is 1.74. The Hall–Kier alpha value is -1.81. The molecule has 4 nitrogen and oxygen atoms in total. The van der Waals surface area contributed by atoms with Gasteiger partial charge in [-0.1, -0.05) is 19.1 Å². The molecule has 2 aromatic rings. The molecular formula is C14H19N3O. The zero-order valence-corrected chi connectivity index (χ0v) is 10.6. The van der Waals surface area contributed by atoms with Crippen molar-refractivity contribution >= 4 is 0 Å². The minimum atomic E-state index is 0.626. The Balaban J connectivity index is 2.15. The minimum Gasteiger partial charge on any atom is -0.494 e. The summed E-state index contributed by atoms with van der Waals surface area (Å²) in [5, 5.41) is 0. The smallest absolute Gasteiger partial charge is 0.137 e. The third-order valence-electron chi connectivity index (χ3n) is 2.62. The van der Waals surface area contributed by atoms with Crippen LogP contribution in [0, 0.1) is 0 Å². The Labute approximate surface area is 107 Å². The fraction of sp³-hybridized carbons (Fsp3) is 0.357. The predicted octanol–water partition coefficient (Wildman–Crippen LogP) is 2.37. The molecule has 0 fully saturated rings. The van der Waals surface area contributed by atoms with Crippen LogP contribution in [0.3, 0.4) is 0 Å². The normalized spacial score (nSPS) is 10.6. The number of nitrogens with one attached hydrogen (secondary N) is 1. The molecule has 96 valence electrons. The third kappa shape index (κ3) is 3.11. The van der Waals surface area contributed by atoms with E-state index in [0.717, 1.165) is 42.3 Å². The van der Waals surface area contributed by atoms with E-state index in [1.165, 1.54) is 0 Å². The van der Waals surface area contributed by atoms with Gasteiger partial charge in [-0.25, -0.2) is 4.98 Å². The van der Waals surface area contributed by atoms with Crippen molar-refractivity contribution in [3.8, 4) is 17.1 Å². The van der Waals surface area contributed by atoms with Gasteiger partial charge in [0, 0.05) is 23.9 Å². The topological polar surface area (TPSA) is 63.9 Å². The number of imidazole rings is 1. The summed E-state index contributed by atoms with van der Waals surface area (Å²) in [6.45, 7) is 3.46. The molecule has 18 heavy (non-hydrogen) atoms. The van der Waals surface area contributed by atoms with Gasteiger partial charge < -0.3 is 15.5 Å². The Morgan fingerprint density at radius 3 is 3.06 bits per heavy atom. The van der Waals surface area contributed by atoms with Crippen LogP contribution >= 0.6 is 0 Å². The van der Waals surface area contributed by atoms with E-state index >= 15 is 0 Å². The molecule has 0 amide bonds. The zero-order chi connectivity index (χ0) is 12.8. The number of nitrogens with two attached hydrogens (primary N) is 1. The number of ether oxygens (including phenoxy) is 1. The number of rotatable bonds is 6. The van der Waals surface area contributed by atoms with Crippen LogP contribution in [0.4, 0.5) is 0 Å².